The predicted octanol–water partition coefficient (Wildman–Crippen LogP) is 3.08. The molecule has 1 aliphatic heterocycles. The van der Waals surface area contributed by atoms with E-state index in [4.69, 9.17) is 9.47 Å². The average molecular weight is 494 g/mol. The highest BCUT2D eigenvalue weighted by Crippen LogP contribution is 2.41. The smallest absolute Gasteiger partial charge is 0.130 e. The number of thiazole rings is 1. The molecule has 0 amide bonds. The first kappa shape index (κ1) is 23.9. The van der Waals surface area contributed by atoms with E-state index in [0.29, 0.717) is 17.7 Å². The molecule has 0 saturated carbocycles. The van der Waals surface area contributed by atoms with Gasteiger partial charge in [0.25, 0.3) is 0 Å². The molecule has 3 aromatic carbocycles. The third-order valence-corrected chi connectivity index (χ3v) is 7.51. The van der Waals surface area contributed by atoms with Crippen LogP contribution in [-0.2, 0) is 11.2 Å². The Hall–Kier alpha value is -2.85. The average Bonchev–Trinajstić information content (AvgIpc) is 3.36. The van der Waals surface area contributed by atoms with Gasteiger partial charge in [0.2, 0.25) is 0 Å². The molecule has 1 fully saturated rings. The highest BCUT2D eigenvalue weighted by molar-refractivity contribution is 7.15. The van der Waals surface area contributed by atoms with E-state index in [-0.39, 0.29) is 0 Å². The Balaban J connectivity index is 1.58. The zero-order valence-corrected chi connectivity index (χ0v) is 19.9. The number of hydrogen-bond acceptors (Lipinski definition) is 8. The zero-order valence-electron chi connectivity index (χ0n) is 19.1. The van der Waals surface area contributed by atoms with Gasteiger partial charge in [-0.15, -0.1) is 11.3 Å². The van der Waals surface area contributed by atoms with Gasteiger partial charge < -0.3 is 29.9 Å². The Kier molecular flexibility index (Phi) is 6.84. The first-order chi connectivity index (χ1) is 17.0. The molecule has 0 unspecified atom stereocenters. The van der Waals surface area contributed by atoms with Crippen molar-refractivity contribution in [3.63, 3.8) is 0 Å². The maximum absolute atomic E-state index is 10.8. The summed E-state index contributed by atoms with van der Waals surface area (Å²) in [5.41, 5.74) is 2.60. The summed E-state index contributed by atoms with van der Waals surface area (Å²) in [6.07, 6.45) is -3.82. The van der Waals surface area contributed by atoms with Crippen molar-refractivity contribution in [2.45, 2.75) is 36.9 Å². The van der Waals surface area contributed by atoms with Crippen LogP contribution in [0.1, 0.15) is 22.2 Å². The molecule has 2 heterocycles. The molecular formula is C27H27NO6S. The third-order valence-electron chi connectivity index (χ3n) is 6.46. The van der Waals surface area contributed by atoms with E-state index in [1.807, 2.05) is 66.9 Å². The second kappa shape index (κ2) is 10.0. The van der Waals surface area contributed by atoms with Gasteiger partial charge in [-0.2, -0.15) is 0 Å². The van der Waals surface area contributed by atoms with E-state index in [1.165, 1.54) is 0 Å². The summed E-state index contributed by atoms with van der Waals surface area (Å²) in [7, 11) is 1.62. The standard InChI is InChI=1S/C27H27NO6S/c1-33-26-16(12-22-28-13-21(35-22)15-7-3-2-4-8-15)11-19(17-9-5-6-10-18(17)26)27-25(32)24(31)23(30)20(14-29)34-27/h2-11,13,20,23-25,27,29-32H,12,14H2,1H3/t20-,23-,24+,25-,27+/m1/s1. The number of benzene rings is 3. The number of aliphatic hydroxyl groups is 4. The van der Waals surface area contributed by atoms with Gasteiger partial charge in [0.05, 0.1) is 23.6 Å². The lowest BCUT2D eigenvalue weighted by atomic mass is 9.87. The lowest BCUT2D eigenvalue weighted by Crippen LogP contribution is -2.55. The lowest BCUT2D eigenvalue weighted by Gasteiger charge is -2.40. The van der Waals surface area contributed by atoms with Crippen LogP contribution >= 0.6 is 11.3 Å². The molecule has 7 nitrogen and oxygen atoms in total. The van der Waals surface area contributed by atoms with Gasteiger partial charge in [-0.05, 0) is 22.6 Å². The van der Waals surface area contributed by atoms with Gasteiger partial charge in [-0.3, -0.25) is 0 Å². The largest absolute Gasteiger partial charge is 0.496 e. The normalized spacial score (nSPS) is 24.5. The van der Waals surface area contributed by atoms with Crippen molar-refractivity contribution >= 4 is 22.1 Å². The number of ether oxygens (including phenoxy) is 2. The van der Waals surface area contributed by atoms with Crippen molar-refractivity contribution in [1.29, 1.82) is 0 Å². The van der Waals surface area contributed by atoms with Crippen LogP contribution < -0.4 is 4.74 Å². The minimum Gasteiger partial charge on any atom is -0.496 e. The van der Waals surface area contributed by atoms with E-state index < -0.39 is 37.1 Å². The Bertz CT molecular complexity index is 1310. The first-order valence-electron chi connectivity index (χ1n) is 11.4. The molecule has 4 N–H and O–H groups in total. The van der Waals surface area contributed by atoms with Crippen LogP contribution in [0, 0.1) is 0 Å². The molecule has 5 atom stereocenters. The van der Waals surface area contributed by atoms with Crippen molar-refractivity contribution in [3.8, 4) is 16.2 Å². The molecule has 0 spiro atoms. The molecule has 0 radical (unpaired) electrons. The summed E-state index contributed by atoms with van der Waals surface area (Å²) in [6, 6.07) is 19.6. The number of fused-ring (bicyclic) bond motifs is 1. The van der Waals surface area contributed by atoms with Crippen LogP contribution in [0.4, 0.5) is 0 Å². The molecular weight excluding hydrogens is 466 g/mol. The molecule has 5 rings (SSSR count). The highest BCUT2D eigenvalue weighted by Gasteiger charge is 2.44. The van der Waals surface area contributed by atoms with Crippen molar-refractivity contribution in [2.24, 2.45) is 0 Å². The monoisotopic (exact) mass is 493 g/mol. The second-order valence-electron chi connectivity index (χ2n) is 8.61. The Morgan fingerprint density at radius 2 is 1.66 bits per heavy atom. The molecule has 1 aromatic heterocycles. The zero-order chi connectivity index (χ0) is 24.5. The molecule has 1 saturated heterocycles. The van der Waals surface area contributed by atoms with Gasteiger partial charge in [0.15, 0.2) is 0 Å². The number of hydrogen-bond donors (Lipinski definition) is 4. The Morgan fingerprint density at radius 1 is 0.943 bits per heavy atom. The summed E-state index contributed by atoms with van der Waals surface area (Å²) in [4.78, 5) is 5.69. The second-order valence-corrected chi connectivity index (χ2v) is 9.73. The molecule has 0 bridgehead atoms. The van der Waals surface area contributed by atoms with Gasteiger partial charge in [0.1, 0.15) is 36.3 Å². The maximum Gasteiger partial charge on any atom is 0.130 e. The fourth-order valence-corrected chi connectivity index (χ4v) is 5.64. The summed E-state index contributed by atoms with van der Waals surface area (Å²) in [5.74, 6) is 0.699. The van der Waals surface area contributed by atoms with E-state index in [2.05, 4.69) is 4.98 Å². The quantitative estimate of drug-likeness (QED) is 0.327. The molecule has 4 aromatic rings. The molecule has 0 aliphatic carbocycles. The number of aliphatic hydroxyl groups excluding tert-OH is 4. The Labute approximate surface area is 206 Å². The Morgan fingerprint density at radius 3 is 2.37 bits per heavy atom. The van der Waals surface area contributed by atoms with Crippen molar-refractivity contribution < 1.29 is 29.9 Å². The number of nitrogens with zero attached hydrogens (tertiary/aromatic N) is 1. The summed E-state index contributed by atoms with van der Waals surface area (Å²) in [5, 5.41) is 43.6. The highest BCUT2D eigenvalue weighted by atomic mass is 32.1. The molecule has 8 heteroatoms. The van der Waals surface area contributed by atoms with Crippen molar-refractivity contribution in [3.05, 3.63) is 83.0 Å². The minimum absolute atomic E-state index is 0.482. The van der Waals surface area contributed by atoms with E-state index in [1.54, 1.807) is 18.4 Å². The van der Waals surface area contributed by atoms with Gasteiger partial charge >= 0.3 is 0 Å². The van der Waals surface area contributed by atoms with Crippen LogP contribution in [-0.4, -0.2) is 63.5 Å². The predicted molar refractivity (Wildman–Crippen MR) is 134 cm³/mol. The maximum atomic E-state index is 10.8. The fraction of sp³-hybridized carbons (Fsp3) is 0.296. The van der Waals surface area contributed by atoms with E-state index >= 15 is 0 Å². The third kappa shape index (κ3) is 4.45. The number of aromatic nitrogens is 1. The van der Waals surface area contributed by atoms with Crippen LogP contribution in [0.2, 0.25) is 0 Å². The van der Waals surface area contributed by atoms with Crippen molar-refractivity contribution in [1.82, 2.24) is 4.98 Å². The molecule has 35 heavy (non-hydrogen) atoms. The molecule has 182 valence electrons. The number of rotatable bonds is 6. The fourth-order valence-electron chi connectivity index (χ4n) is 4.69. The van der Waals surface area contributed by atoms with Crippen LogP contribution in [0.5, 0.6) is 5.75 Å². The SMILES string of the molecule is COc1c(Cc2ncc(-c3ccccc3)s2)cc([C@@H]2O[C@H](CO)[C@@H](O)[C@H](O)[C@H]2O)c2ccccc12. The van der Waals surface area contributed by atoms with E-state index in [0.717, 1.165) is 31.8 Å². The lowest BCUT2D eigenvalue weighted by molar-refractivity contribution is -0.231. The van der Waals surface area contributed by atoms with Crippen LogP contribution in [0.15, 0.2) is 66.9 Å². The van der Waals surface area contributed by atoms with Gasteiger partial charge in [0, 0.05) is 23.6 Å². The molecule has 1 aliphatic rings. The van der Waals surface area contributed by atoms with Gasteiger partial charge in [-0.25, -0.2) is 4.98 Å². The minimum atomic E-state index is -1.46. The van der Waals surface area contributed by atoms with Crippen LogP contribution in [0.3, 0.4) is 0 Å². The van der Waals surface area contributed by atoms with Gasteiger partial charge in [-0.1, -0.05) is 54.6 Å². The van der Waals surface area contributed by atoms with E-state index in [9.17, 15) is 20.4 Å². The summed E-state index contributed by atoms with van der Waals surface area (Å²) < 4.78 is 11.7. The first-order valence-corrected chi connectivity index (χ1v) is 12.2. The van der Waals surface area contributed by atoms with Crippen LogP contribution in [0.25, 0.3) is 21.2 Å². The summed E-state index contributed by atoms with van der Waals surface area (Å²) >= 11 is 1.60. The van der Waals surface area contributed by atoms with Crippen molar-refractivity contribution in [2.75, 3.05) is 13.7 Å². The summed E-state index contributed by atoms with van der Waals surface area (Å²) in [6.45, 7) is -0.482. The number of methoxy groups -OCH3 is 1. The topological polar surface area (TPSA) is 112 Å².